The minimum absolute atomic E-state index is 0.361. The van der Waals surface area contributed by atoms with Crippen LogP contribution in [0, 0.1) is 5.82 Å². The molecule has 2 aromatic rings. The van der Waals surface area contributed by atoms with Gasteiger partial charge in [-0.3, -0.25) is 0 Å². The van der Waals surface area contributed by atoms with Crippen molar-refractivity contribution in [3.05, 3.63) is 46.7 Å². The van der Waals surface area contributed by atoms with E-state index in [0.717, 1.165) is 5.69 Å². The van der Waals surface area contributed by atoms with Gasteiger partial charge in [-0.1, -0.05) is 0 Å². The molecule has 17 heavy (non-hydrogen) atoms. The highest BCUT2D eigenvalue weighted by atomic mass is 79.9. The Morgan fingerprint density at radius 3 is 2.94 bits per heavy atom. The number of benzene rings is 1. The standard InChI is InChI=1S/C11H10BrFN4/c12-8-3-11(10(14)4-9(8)13)16-5-7-1-2-15-6-17-7/h1-4,6,16H,5,14H2. The summed E-state index contributed by atoms with van der Waals surface area (Å²) in [5.41, 5.74) is 7.56. The molecule has 1 aromatic heterocycles. The van der Waals surface area contributed by atoms with Gasteiger partial charge in [-0.2, -0.15) is 0 Å². The Morgan fingerprint density at radius 2 is 2.24 bits per heavy atom. The minimum Gasteiger partial charge on any atom is -0.397 e. The zero-order valence-corrected chi connectivity index (χ0v) is 10.4. The van der Waals surface area contributed by atoms with Crippen molar-refractivity contribution >= 4 is 27.3 Å². The summed E-state index contributed by atoms with van der Waals surface area (Å²) in [6.45, 7) is 0.505. The van der Waals surface area contributed by atoms with Crippen molar-refractivity contribution in [2.24, 2.45) is 0 Å². The average Bonchev–Trinajstić information content (AvgIpc) is 2.33. The quantitative estimate of drug-likeness (QED) is 0.855. The molecule has 0 spiro atoms. The van der Waals surface area contributed by atoms with Crippen LogP contribution < -0.4 is 11.1 Å². The van der Waals surface area contributed by atoms with Crippen molar-refractivity contribution < 1.29 is 4.39 Å². The van der Waals surface area contributed by atoms with Gasteiger partial charge < -0.3 is 11.1 Å². The van der Waals surface area contributed by atoms with Crippen LogP contribution >= 0.6 is 15.9 Å². The van der Waals surface area contributed by atoms with Crippen LogP contribution in [-0.4, -0.2) is 9.97 Å². The third kappa shape index (κ3) is 2.91. The van der Waals surface area contributed by atoms with Crippen molar-refractivity contribution in [1.29, 1.82) is 0 Å². The summed E-state index contributed by atoms with van der Waals surface area (Å²) in [6, 6.07) is 4.67. The SMILES string of the molecule is Nc1cc(F)c(Br)cc1NCc1ccncn1. The second-order valence-corrected chi connectivity index (χ2v) is 4.26. The lowest BCUT2D eigenvalue weighted by atomic mass is 10.2. The van der Waals surface area contributed by atoms with Crippen molar-refractivity contribution in [1.82, 2.24) is 9.97 Å². The molecule has 6 heteroatoms. The second kappa shape index (κ2) is 5.09. The molecule has 1 heterocycles. The van der Waals surface area contributed by atoms with E-state index in [1.165, 1.54) is 12.4 Å². The molecule has 88 valence electrons. The Kier molecular flexibility index (Phi) is 3.53. The molecule has 2 rings (SSSR count). The molecule has 0 amide bonds. The van der Waals surface area contributed by atoms with Gasteiger partial charge in [0, 0.05) is 12.3 Å². The van der Waals surface area contributed by atoms with Crippen LogP contribution in [0.4, 0.5) is 15.8 Å². The number of nitrogens with two attached hydrogens (primary N) is 1. The summed E-state index contributed by atoms with van der Waals surface area (Å²) < 4.78 is 13.5. The number of hydrogen-bond acceptors (Lipinski definition) is 4. The van der Waals surface area contributed by atoms with Crippen molar-refractivity contribution in [3.8, 4) is 0 Å². The lowest BCUT2D eigenvalue weighted by molar-refractivity contribution is 0.622. The number of nitrogen functional groups attached to an aromatic ring is 1. The normalized spacial score (nSPS) is 10.2. The van der Waals surface area contributed by atoms with Gasteiger partial charge in [-0.05, 0) is 28.1 Å². The fourth-order valence-corrected chi connectivity index (χ4v) is 1.67. The van der Waals surface area contributed by atoms with Gasteiger partial charge in [0.25, 0.3) is 0 Å². The Bertz CT molecular complexity index is 518. The number of nitrogens with one attached hydrogen (secondary N) is 1. The first-order valence-electron chi connectivity index (χ1n) is 4.90. The summed E-state index contributed by atoms with van der Waals surface area (Å²) in [5.74, 6) is -0.380. The van der Waals surface area contributed by atoms with Gasteiger partial charge in [0.2, 0.25) is 0 Å². The van der Waals surface area contributed by atoms with Crippen LogP contribution in [0.25, 0.3) is 0 Å². The lowest BCUT2D eigenvalue weighted by Crippen LogP contribution is -2.04. The molecule has 1 aromatic carbocycles. The van der Waals surface area contributed by atoms with Crippen LogP contribution in [0.5, 0.6) is 0 Å². The van der Waals surface area contributed by atoms with E-state index < -0.39 is 0 Å². The molecule has 0 fully saturated rings. The zero-order chi connectivity index (χ0) is 12.3. The molecule has 0 atom stereocenters. The minimum atomic E-state index is -0.380. The van der Waals surface area contributed by atoms with Crippen molar-refractivity contribution in [2.45, 2.75) is 6.54 Å². The third-order valence-electron chi connectivity index (χ3n) is 2.20. The van der Waals surface area contributed by atoms with Gasteiger partial charge in [-0.25, -0.2) is 14.4 Å². The summed E-state index contributed by atoms with van der Waals surface area (Å²) in [7, 11) is 0. The fraction of sp³-hybridized carbons (Fsp3) is 0.0909. The Morgan fingerprint density at radius 1 is 1.41 bits per heavy atom. The number of rotatable bonds is 3. The van der Waals surface area contributed by atoms with E-state index in [1.807, 2.05) is 0 Å². The smallest absolute Gasteiger partial charge is 0.139 e. The molecule has 0 aliphatic heterocycles. The van der Waals surface area contributed by atoms with E-state index in [4.69, 9.17) is 5.73 Å². The topological polar surface area (TPSA) is 63.8 Å². The highest BCUT2D eigenvalue weighted by molar-refractivity contribution is 9.10. The highest BCUT2D eigenvalue weighted by Gasteiger charge is 2.05. The lowest BCUT2D eigenvalue weighted by Gasteiger charge is -2.09. The monoisotopic (exact) mass is 296 g/mol. The summed E-state index contributed by atoms with van der Waals surface area (Å²) in [5, 5.41) is 3.09. The van der Waals surface area contributed by atoms with E-state index in [0.29, 0.717) is 22.4 Å². The molecular formula is C11H10BrFN4. The molecule has 0 radical (unpaired) electrons. The Labute approximate surface area is 106 Å². The van der Waals surface area contributed by atoms with Crippen LogP contribution in [0.3, 0.4) is 0 Å². The first-order valence-corrected chi connectivity index (χ1v) is 5.69. The number of hydrogen-bond donors (Lipinski definition) is 2. The summed E-state index contributed by atoms with van der Waals surface area (Å²) >= 11 is 3.11. The van der Waals surface area contributed by atoms with E-state index in [9.17, 15) is 4.39 Å². The Hall–Kier alpha value is -1.69. The maximum absolute atomic E-state index is 13.1. The molecule has 0 unspecified atom stereocenters. The Balaban J connectivity index is 2.12. The number of halogens is 2. The molecular weight excluding hydrogens is 287 g/mol. The van der Waals surface area contributed by atoms with E-state index in [1.54, 1.807) is 18.3 Å². The van der Waals surface area contributed by atoms with Crippen LogP contribution in [0.2, 0.25) is 0 Å². The highest BCUT2D eigenvalue weighted by Crippen LogP contribution is 2.26. The van der Waals surface area contributed by atoms with Crippen molar-refractivity contribution in [3.63, 3.8) is 0 Å². The van der Waals surface area contributed by atoms with Gasteiger partial charge >= 0.3 is 0 Å². The molecule has 0 saturated carbocycles. The molecule has 4 nitrogen and oxygen atoms in total. The first-order chi connectivity index (χ1) is 8.16. The van der Waals surface area contributed by atoms with Crippen LogP contribution in [-0.2, 0) is 6.54 Å². The van der Waals surface area contributed by atoms with Crippen LogP contribution in [0.15, 0.2) is 35.2 Å². The van der Waals surface area contributed by atoms with E-state index in [2.05, 4.69) is 31.2 Å². The molecule has 0 aliphatic carbocycles. The predicted octanol–water partition coefficient (Wildman–Crippen LogP) is 2.57. The predicted molar refractivity (Wildman–Crippen MR) is 67.9 cm³/mol. The zero-order valence-electron chi connectivity index (χ0n) is 8.82. The third-order valence-corrected chi connectivity index (χ3v) is 2.80. The van der Waals surface area contributed by atoms with Gasteiger partial charge in [0.1, 0.15) is 12.1 Å². The maximum atomic E-state index is 13.1. The fourth-order valence-electron chi connectivity index (χ4n) is 1.32. The summed E-state index contributed by atoms with van der Waals surface area (Å²) in [4.78, 5) is 7.89. The first kappa shape index (κ1) is 11.8. The summed E-state index contributed by atoms with van der Waals surface area (Å²) in [6.07, 6.45) is 3.13. The van der Waals surface area contributed by atoms with E-state index >= 15 is 0 Å². The molecule has 0 bridgehead atoms. The molecule has 0 aliphatic rings. The van der Waals surface area contributed by atoms with Gasteiger partial charge in [-0.15, -0.1) is 0 Å². The van der Waals surface area contributed by atoms with E-state index in [-0.39, 0.29) is 5.82 Å². The number of aromatic nitrogens is 2. The van der Waals surface area contributed by atoms with Gasteiger partial charge in [0.05, 0.1) is 28.1 Å². The number of anilines is 2. The molecule has 3 N–H and O–H groups in total. The van der Waals surface area contributed by atoms with Gasteiger partial charge in [0.15, 0.2) is 0 Å². The average molecular weight is 297 g/mol. The van der Waals surface area contributed by atoms with Crippen molar-refractivity contribution in [2.75, 3.05) is 11.1 Å². The van der Waals surface area contributed by atoms with Crippen LogP contribution in [0.1, 0.15) is 5.69 Å². The maximum Gasteiger partial charge on any atom is 0.139 e. The largest absolute Gasteiger partial charge is 0.397 e. The second-order valence-electron chi connectivity index (χ2n) is 3.41. The number of nitrogens with zero attached hydrogens (tertiary/aromatic N) is 2. The molecule has 0 saturated heterocycles.